The normalized spacial score (nSPS) is 10.7. The van der Waals surface area contributed by atoms with Gasteiger partial charge in [-0.15, -0.1) is 0 Å². The van der Waals surface area contributed by atoms with Crippen LogP contribution in [0.3, 0.4) is 0 Å². The summed E-state index contributed by atoms with van der Waals surface area (Å²) in [6.07, 6.45) is 1.65. The van der Waals surface area contributed by atoms with Gasteiger partial charge in [-0.05, 0) is 26.7 Å². The first kappa shape index (κ1) is 13.7. The Labute approximate surface area is 104 Å². The minimum Gasteiger partial charge on any atom is -0.370 e. The third-order valence-electron chi connectivity index (χ3n) is 2.85. The van der Waals surface area contributed by atoms with E-state index in [9.17, 15) is 0 Å². The molecule has 0 unspecified atom stereocenters. The summed E-state index contributed by atoms with van der Waals surface area (Å²) >= 11 is 0. The maximum absolute atomic E-state index is 4.46. The quantitative estimate of drug-likeness (QED) is 0.824. The van der Waals surface area contributed by atoms with Gasteiger partial charge >= 0.3 is 0 Å². The fourth-order valence-electron chi connectivity index (χ4n) is 2.00. The lowest BCUT2D eigenvalue weighted by molar-refractivity contribution is 0.789. The van der Waals surface area contributed by atoms with Gasteiger partial charge in [0.1, 0.15) is 18.0 Å². The van der Waals surface area contributed by atoms with Crippen molar-refractivity contribution in [2.45, 2.75) is 40.5 Å². The SMILES string of the molecule is CCNc1ncnc(N(CC)CC)c1C(C)C. The molecular weight excluding hydrogens is 212 g/mol. The number of rotatable bonds is 6. The second kappa shape index (κ2) is 6.42. The molecule has 0 spiro atoms. The lowest BCUT2D eigenvalue weighted by atomic mass is 10.0. The number of nitrogens with zero attached hydrogens (tertiary/aromatic N) is 3. The molecule has 96 valence electrons. The van der Waals surface area contributed by atoms with Crippen LogP contribution in [0, 0.1) is 0 Å². The molecule has 1 rings (SSSR count). The minimum atomic E-state index is 0.417. The summed E-state index contributed by atoms with van der Waals surface area (Å²) in [5, 5.41) is 3.32. The monoisotopic (exact) mass is 236 g/mol. The maximum Gasteiger partial charge on any atom is 0.137 e. The van der Waals surface area contributed by atoms with E-state index >= 15 is 0 Å². The lowest BCUT2D eigenvalue weighted by Crippen LogP contribution is -2.25. The zero-order valence-electron chi connectivity index (χ0n) is 11.6. The van der Waals surface area contributed by atoms with Gasteiger partial charge in [-0.3, -0.25) is 0 Å². The first-order chi connectivity index (χ1) is 8.15. The van der Waals surface area contributed by atoms with E-state index in [0.717, 1.165) is 31.3 Å². The second-order valence-electron chi connectivity index (χ2n) is 4.32. The number of hydrogen-bond donors (Lipinski definition) is 1. The number of hydrogen-bond acceptors (Lipinski definition) is 4. The van der Waals surface area contributed by atoms with Gasteiger partial charge in [-0.1, -0.05) is 13.8 Å². The highest BCUT2D eigenvalue weighted by Gasteiger charge is 2.17. The van der Waals surface area contributed by atoms with Gasteiger partial charge in [0, 0.05) is 25.2 Å². The summed E-state index contributed by atoms with van der Waals surface area (Å²) in [6.45, 7) is 13.6. The molecule has 0 aromatic carbocycles. The highest BCUT2D eigenvalue weighted by molar-refractivity contribution is 5.60. The molecule has 0 bridgehead atoms. The summed E-state index contributed by atoms with van der Waals surface area (Å²) in [4.78, 5) is 11.1. The predicted molar refractivity (Wildman–Crippen MR) is 73.8 cm³/mol. The largest absolute Gasteiger partial charge is 0.370 e. The van der Waals surface area contributed by atoms with Crippen molar-refractivity contribution >= 4 is 11.6 Å². The number of aromatic nitrogens is 2. The molecule has 4 heteroatoms. The molecule has 0 amide bonds. The maximum atomic E-state index is 4.46. The highest BCUT2D eigenvalue weighted by Crippen LogP contribution is 2.30. The van der Waals surface area contributed by atoms with Crippen molar-refractivity contribution in [1.82, 2.24) is 9.97 Å². The topological polar surface area (TPSA) is 41.1 Å². The van der Waals surface area contributed by atoms with Crippen LogP contribution in [-0.2, 0) is 0 Å². The van der Waals surface area contributed by atoms with Gasteiger partial charge in [0.05, 0.1) is 0 Å². The Morgan fingerprint density at radius 1 is 1.18 bits per heavy atom. The van der Waals surface area contributed by atoms with E-state index in [1.807, 2.05) is 0 Å². The Bertz CT molecular complexity index is 345. The van der Waals surface area contributed by atoms with Crippen molar-refractivity contribution in [3.05, 3.63) is 11.9 Å². The zero-order valence-corrected chi connectivity index (χ0v) is 11.6. The molecule has 0 aliphatic carbocycles. The summed E-state index contributed by atoms with van der Waals surface area (Å²) in [6, 6.07) is 0. The van der Waals surface area contributed by atoms with Gasteiger partial charge in [0.2, 0.25) is 0 Å². The van der Waals surface area contributed by atoms with E-state index in [2.05, 4.69) is 54.8 Å². The smallest absolute Gasteiger partial charge is 0.137 e. The molecular formula is C13H24N4. The average molecular weight is 236 g/mol. The van der Waals surface area contributed by atoms with Crippen molar-refractivity contribution in [1.29, 1.82) is 0 Å². The van der Waals surface area contributed by atoms with E-state index in [1.165, 1.54) is 5.56 Å². The molecule has 1 heterocycles. The van der Waals surface area contributed by atoms with Gasteiger partial charge in [0.15, 0.2) is 0 Å². The molecule has 0 aliphatic heterocycles. The van der Waals surface area contributed by atoms with Crippen LogP contribution >= 0.6 is 0 Å². The molecule has 4 nitrogen and oxygen atoms in total. The molecule has 0 atom stereocenters. The van der Waals surface area contributed by atoms with Crippen molar-refractivity contribution in [2.75, 3.05) is 29.9 Å². The van der Waals surface area contributed by atoms with E-state index in [4.69, 9.17) is 0 Å². The van der Waals surface area contributed by atoms with Crippen molar-refractivity contribution < 1.29 is 0 Å². The predicted octanol–water partition coefficient (Wildman–Crippen LogP) is 2.88. The van der Waals surface area contributed by atoms with Crippen LogP contribution in [0.2, 0.25) is 0 Å². The summed E-state index contributed by atoms with van der Waals surface area (Å²) < 4.78 is 0. The Morgan fingerprint density at radius 3 is 2.29 bits per heavy atom. The first-order valence-electron chi connectivity index (χ1n) is 6.49. The second-order valence-corrected chi connectivity index (χ2v) is 4.32. The molecule has 0 saturated heterocycles. The van der Waals surface area contributed by atoms with E-state index < -0.39 is 0 Å². The zero-order chi connectivity index (χ0) is 12.8. The van der Waals surface area contributed by atoms with Gasteiger partial charge in [-0.25, -0.2) is 9.97 Å². The molecule has 0 saturated carbocycles. The third kappa shape index (κ3) is 3.08. The van der Waals surface area contributed by atoms with Crippen LogP contribution in [0.15, 0.2) is 6.33 Å². The standard InChI is InChI=1S/C13H24N4/c1-6-14-12-11(10(4)5)13(16-9-15-12)17(7-2)8-3/h9-10H,6-8H2,1-5H3,(H,14,15,16). The molecule has 1 aromatic rings. The molecule has 1 aromatic heterocycles. The Hall–Kier alpha value is -1.32. The van der Waals surface area contributed by atoms with Crippen LogP contribution < -0.4 is 10.2 Å². The minimum absolute atomic E-state index is 0.417. The summed E-state index contributed by atoms with van der Waals surface area (Å²) in [5.74, 6) is 2.45. The van der Waals surface area contributed by atoms with Crippen molar-refractivity contribution in [3.63, 3.8) is 0 Å². The van der Waals surface area contributed by atoms with Gasteiger partial charge < -0.3 is 10.2 Å². The summed E-state index contributed by atoms with van der Waals surface area (Å²) in [7, 11) is 0. The molecule has 0 fully saturated rings. The Kier molecular flexibility index (Phi) is 5.19. The van der Waals surface area contributed by atoms with Crippen LogP contribution in [0.5, 0.6) is 0 Å². The van der Waals surface area contributed by atoms with Crippen LogP contribution in [-0.4, -0.2) is 29.6 Å². The van der Waals surface area contributed by atoms with Crippen LogP contribution in [0.25, 0.3) is 0 Å². The molecule has 0 radical (unpaired) electrons. The van der Waals surface area contributed by atoms with E-state index in [-0.39, 0.29) is 0 Å². The van der Waals surface area contributed by atoms with Crippen LogP contribution in [0.4, 0.5) is 11.6 Å². The number of anilines is 2. The van der Waals surface area contributed by atoms with E-state index in [0.29, 0.717) is 5.92 Å². The van der Waals surface area contributed by atoms with Crippen molar-refractivity contribution in [3.8, 4) is 0 Å². The van der Waals surface area contributed by atoms with E-state index in [1.54, 1.807) is 6.33 Å². The highest BCUT2D eigenvalue weighted by atomic mass is 15.2. The van der Waals surface area contributed by atoms with Crippen molar-refractivity contribution in [2.24, 2.45) is 0 Å². The Balaban J connectivity index is 3.23. The molecule has 0 aliphatic rings. The third-order valence-corrected chi connectivity index (χ3v) is 2.85. The molecule has 1 N–H and O–H groups in total. The van der Waals surface area contributed by atoms with Gasteiger partial charge in [-0.2, -0.15) is 0 Å². The molecule has 17 heavy (non-hydrogen) atoms. The average Bonchev–Trinajstić information content (AvgIpc) is 2.31. The first-order valence-corrected chi connectivity index (χ1v) is 6.49. The van der Waals surface area contributed by atoms with Gasteiger partial charge in [0.25, 0.3) is 0 Å². The number of nitrogens with one attached hydrogen (secondary N) is 1. The summed E-state index contributed by atoms with van der Waals surface area (Å²) in [5.41, 5.74) is 1.22. The fourth-order valence-corrected chi connectivity index (χ4v) is 2.00. The Morgan fingerprint density at radius 2 is 1.82 bits per heavy atom. The fraction of sp³-hybridized carbons (Fsp3) is 0.692. The van der Waals surface area contributed by atoms with Crippen LogP contribution in [0.1, 0.15) is 46.1 Å². The lowest BCUT2D eigenvalue weighted by Gasteiger charge is -2.25.